The third-order valence-corrected chi connectivity index (χ3v) is 4.16. The van der Waals surface area contributed by atoms with Gasteiger partial charge in [-0.3, -0.25) is 0 Å². The van der Waals surface area contributed by atoms with Crippen LogP contribution in [0.4, 0.5) is 0 Å². The van der Waals surface area contributed by atoms with E-state index >= 15 is 0 Å². The molecule has 0 heterocycles. The maximum atomic E-state index is 6.14. The molecule has 0 N–H and O–H groups in total. The van der Waals surface area contributed by atoms with Gasteiger partial charge in [0.2, 0.25) is 0 Å². The number of benzene rings is 4. The summed E-state index contributed by atoms with van der Waals surface area (Å²) < 4.78 is 0. The van der Waals surface area contributed by atoms with Crippen molar-refractivity contribution in [2.24, 2.45) is 0 Å². The maximum Gasteiger partial charge on any atom is 0.0412 e. The van der Waals surface area contributed by atoms with Gasteiger partial charge < -0.3 is 0 Å². The highest BCUT2D eigenvalue weighted by Crippen LogP contribution is 2.33. The van der Waals surface area contributed by atoms with Crippen LogP contribution in [0.5, 0.6) is 0 Å². The number of hydrogen-bond donors (Lipinski definition) is 0. The van der Waals surface area contributed by atoms with Crippen LogP contribution < -0.4 is 0 Å². The summed E-state index contributed by atoms with van der Waals surface area (Å²) in [6.07, 6.45) is 0. The quantitative estimate of drug-likeness (QED) is 0.360. The molecular formula is C20H13Cl. The van der Waals surface area contributed by atoms with E-state index in [1.54, 1.807) is 0 Å². The lowest BCUT2D eigenvalue weighted by molar-refractivity contribution is 1.66. The molecule has 100 valence electrons. The van der Waals surface area contributed by atoms with E-state index in [9.17, 15) is 0 Å². The first-order valence-corrected chi connectivity index (χ1v) is 7.37. The van der Waals surface area contributed by atoms with Gasteiger partial charge in [-0.15, -0.1) is 0 Å². The van der Waals surface area contributed by atoms with Crippen molar-refractivity contribution in [3.8, 4) is 11.1 Å². The molecular weight excluding hydrogens is 276 g/mol. The monoisotopic (exact) mass is 288 g/mol. The second kappa shape index (κ2) is 4.91. The summed E-state index contributed by atoms with van der Waals surface area (Å²) in [4.78, 5) is 0. The van der Waals surface area contributed by atoms with Crippen LogP contribution >= 0.6 is 11.6 Å². The van der Waals surface area contributed by atoms with Gasteiger partial charge in [-0.25, -0.2) is 0 Å². The second-order valence-corrected chi connectivity index (χ2v) is 5.63. The van der Waals surface area contributed by atoms with Gasteiger partial charge in [-0.1, -0.05) is 78.3 Å². The summed E-state index contributed by atoms with van der Waals surface area (Å²) in [7, 11) is 0. The van der Waals surface area contributed by atoms with Crippen molar-refractivity contribution in [1.29, 1.82) is 0 Å². The molecule has 0 radical (unpaired) electrons. The van der Waals surface area contributed by atoms with Gasteiger partial charge in [0.05, 0.1) is 0 Å². The Morgan fingerprint density at radius 2 is 1.38 bits per heavy atom. The minimum atomic E-state index is 0.769. The van der Waals surface area contributed by atoms with Gasteiger partial charge in [-0.05, 0) is 44.8 Å². The Labute approximate surface area is 128 Å². The molecule has 0 aromatic heterocycles. The smallest absolute Gasteiger partial charge is 0.0412 e. The van der Waals surface area contributed by atoms with Crippen molar-refractivity contribution < 1.29 is 0 Å². The van der Waals surface area contributed by atoms with Gasteiger partial charge >= 0.3 is 0 Å². The Bertz CT molecular complexity index is 954. The maximum absolute atomic E-state index is 6.14. The fraction of sp³-hybridized carbons (Fsp3) is 0. The third-order valence-electron chi connectivity index (χ3n) is 3.92. The molecule has 0 aliphatic carbocycles. The SMILES string of the molecule is Clc1cccc(-c2cccc3c2ccc2ccccc23)c1. The number of fused-ring (bicyclic) bond motifs is 3. The summed E-state index contributed by atoms with van der Waals surface area (Å²) in [6.45, 7) is 0. The van der Waals surface area contributed by atoms with E-state index in [2.05, 4.69) is 60.7 Å². The van der Waals surface area contributed by atoms with Gasteiger partial charge in [0.25, 0.3) is 0 Å². The molecule has 4 aromatic carbocycles. The van der Waals surface area contributed by atoms with E-state index in [-0.39, 0.29) is 0 Å². The average Bonchev–Trinajstić information content (AvgIpc) is 2.54. The normalized spacial score (nSPS) is 11.1. The summed E-state index contributed by atoms with van der Waals surface area (Å²) in [5, 5.41) is 5.88. The fourth-order valence-corrected chi connectivity index (χ4v) is 3.14. The molecule has 0 atom stereocenters. The second-order valence-electron chi connectivity index (χ2n) is 5.20. The number of hydrogen-bond acceptors (Lipinski definition) is 0. The van der Waals surface area contributed by atoms with Crippen LogP contribution in [0.1, 0.15) is 0 Å². The van der Waals surface area contributed by atoms with Gasteiger partial charge in [0.15, 0.2) is 0 Å². The minimum absolute atomic E-state index is 0.769. The van der Waals surface area contributed by atoms with Crippen LogP contribution in [0.2, 0.25) is 5.02 Å². The van der Waals surface area contributed by atoms with Gasteiger partial charge in [-0.2, -0.15) is 0 Å². The molecule has 0 nitrogen and oxygen atoms in total. The standard InChI is InChI=1S/C20H13Cl/c21-16-7-3-6-15(13-16)18-9-4-10-19-17-8-2-1-5-14(17)11-12-20(18)19/h1-13H. The van der Waals surface area contributed by atoms with Crippen LogP contribution in [0.3, 0.4) is 0 Å². The van der Waals surface area contributed by atoms with Crippen molar-refractivity contribution in [2.45, 2.75) is 0 Å². The van der Waals surface area contributed by atoms with Crippen LogP contribution in [0, 0.1) is 0 Å². The van der Waals surface area contributed by atoms with Crippen LogP contribution in [0.25, 0.3) is 32.7 Å². The van der Waals surface area contributed by atoms with Crippen LogP contribution in [-0.2, 0) is 0 Å². The van der Waals surface area contributed by atoms with E-state index in [1.165, 1.54) is 27.1 Å². The zero-order valence-electron chi connectivity index (χ0n) is 11.4. The summed E-state index contributed by atoms with van der Waals surface area (Å²) >= 11 is 6.14. The number of rotatable bonds is 1. The van der Waals surface area contributed by atoms with Crippen molar-refractivity contribution >= 4 is 33.1 Å². The molecule has 0 saturated carbocycles. The molecule has 0 aliphatic rings. The highest BCUT2D eigenvalue weighted by Gasteiger charge is 2.06. The zero-order valence-corrected chi connectivity index (χ0v) is 12.1. The Morgan fingerprint density at radius 3 is 2.29 bits per heavy atom. The molecule has 0 saturated heterocycles. The van der Waals surface area contributed by atoms with Crippen molar-refractivity contribution in [3.05, 3.63) is 83.9 Å². The lowest BCUT2D eigenvalue weighted by atomic mass is 9.95. The Kier molecular flexibility index (Phi) is 2.90. The van der Waals surface area contributed by atoms with E-state index < -0.39 is 0 Å². The van der Waals surface area contributed by atoms with E-state index in [0.29, 0.717) is 0 Å². The van der Waals surface area contributed by atoms with Crippen molar-refractivity contribution in [1.82, 2.24) is 0 Å². The zero-order chi connectivity index (χ0) is 14.2. The average molecular weight is 289 g/mol. The molecule has 0 unspecified atom stereocenters. The van der Waals surface area contributed by atoms with E-state index in [0.717, 1.165) is 10.6 Å². The molecule has 0 spiro atoms. The van der Waals surface area contributed by atoms with Crippen LogP contribution in [-0.4, -0.2) is 0 Å². The van der Waals surface area contributed by atoms with E-state index in [4.69, 9.17) is 11.6 Å². The van der Waals surface area contributed by atoms with Crippen LogP contribution in [0.15, 0.2) is 78.9 Å². The Hall–Kier alpha value is -2.31. The first-order valence-electron chi connectivity index (χ1n) is 6.99. The first kappa shape index (κ1) is 12.4. The van der Waals surface area contributed by atoms with Crippen molar-refractivity contribution in [3.63, 3.8) is 0 Å². The molecule has 0 aliphatic heterocycles. The predicted molar refractivity (Wildman–Crippen MR) is 91.9 cm³/mol. The molecule has 0 bridgehead atoms. The summed E-state index contributed by atoms with van der Waals surface area (Å²) in [5.74, 6) is 0. The summed E-state index contributed by atoms with van der Waals surface area (Å²) in [6, 6.07) is 27.4. The lowest BCUT2D eigenvalue weighted by Gasteiger charge is -2.10. The molecule has 4 aromatic rings. The first-order chi connectivity index (χ1) is 10.3. The molecule has 21 heavy (non-hydrogen) atoms. The number of halogens is 1. The Balaban J connectivity index is 2.09. The van der Waals surface area contributed by atoms with Gasteiger partial charge in [0, 0.05) is 5.02 Å². The topological polar surface area (TPSA) is 0 Å². The van der Waals surface area contributed by atoms with Crippen molar-refractivity contribution in [2.75, 3.05) is 0 Å². The molecule has 1 heteroatoms. The predicted octanol–water partition coefficient (Wildman–Crippen LogP) is 6.31. The third kappa shape index (κ3) is 2.09. The van der Waals surface area contributed by atoms with E-state index in [1.807, 2.05) is 18.2 Å². The minimum Gasteiger partial charge on any atom is -0.0843 e. The molecule has 0 amide bonds. The summed E-state index contributed by atoms with van der Waals surface area (Å²) in [5.41, 5.74) is 2.38. The molecule has 0 fully saturated rings. The fourth-order valence-electron chi connectivity index (χ4n) is 2.95. The Morgan fingerprint density at radius 1 is 0.571 bits per heavy atom. The van der Waals surface area contributed by atoms with Gasteiger partial charge in [0.1, 0.15) is 0 Å². The molecule has 4 rings (SSSR count). The highest BCUT2D eigenvalue weighted by molar-refractivity contribution is 6.31. The largest absolute Gasteiger partial charge is 0.0843 e. The lowest BCUT2D eigenvalue weighted by Crippen LogP contribution is -1.83. The highest BCUT2D eigenvalue weighted by atomic mass is 35.5.